The fourth-order valence-corrected chi connectivity index (χ4v) is 1.70. The maximum Gasteiger partial charge on any atom is 0.358 e. The molecule has 0 fully saturated rings. The smallest absolute Gasteiger partial charge is 0.358 e. The summed E-state index contributed by atoms with van der Waals surface area (Å²) in [7, 11) is 0. The first kappa shape index (κ1) is 13.8. The molecule has 0 aliphatic heterocycles. The number of hydrogen-bond acceptors (Lipinski definition) is 5. The van der Waals surface area contributed by atoms with Crippen LogP contribution in [-0.4, -0.2) is 32.7 Å². The summed E-state index contributed by atoms with van der Waals surface area (Å²) < 4.78 is 6.79. The Hall–Kier alpha value is -2.59. The van der Waals surface area contributed by atoms with Gasteiger partial charge in [-0.25, -0.2) is 9.48 Å². The third-order valence-electron chi connectivity index (χ3n) is 2.42. The van der Waals surface area contributed by atoms with E-state index in [1.807, 2.05) is 6.07 Å². The molecule has 0 spiro atoms. The zero-order valence-corrected chi connectivity index (χ0v) is 10.9. The van der Waals surface area contributed by atoms with Crippen molar-refractivity contribution >= 4 is 17.6 Å². The summed E-state index contributed by atoms with van der Waals surface area (Å²) in [6.07, 6.45) is 1.30. The van der Waals surface area contributed by atoms with Crippen molar-refractivity contribution in [2.45, 2.75) is 6.54 Å². The molecule has 0 aliphatic carbocycles. The van der Waals surface area contributed by atoms with Crippen LogP contribution in [0.2, 0.25) is 5.02 Å². The largest absolute Gasteiger partial charge is 0.490 e. The van der Waals surface area contributed by atoms with Crippen LogP contribution in [0.4, 0.5) is 0 Å². The summed E-state index contributed by atoms with van der Waals surface area (Å²) in [5.41, 5.74) is 0.129. The molecule has 0 saturated heterocycles. The lowest BCUT2D eigenvalue weighted by Gasteiger charge is -2.08. The molecule has 20 heavy (non-hydrogen) atoms. The molecule has 0 aliphatic rings. The van der Waals surface area contributed by atoms with Crippen LogP contribution in [-0.2, 0) is 6.54 Å². The van der Waals surface area contributed by atoms with Crippen LogP contribution in [0.15, 0.2) is 24.4 Å². The van der Waals surface area contributed by atoms with Gasteiger partial charge in [-0.05, 0) is 12.1 Å². The fraction of sp³-hybridized carbons (Fsp3) is 0.167. The zero-order valence-electron chi connectivity index (χ0n) is 10.2. The van der Waals surface area contributed by atoms with E-state index >= 15 is 0 Å². The minimum absolute atomic E-state index is 0.134. The number of hydrogen-bond donors (Lipinski definition) is 1. The molecule has 1 heterocycles. The first-order valence-electron chi connectivity index (χ1n) is 5.56. The van der Waals surface area contributed by atoms with Crippen LogP contribution in [0, 0.1) is 11.3 Å². The number of aromatic carboxylic acids is 1. The van der Waals surface area contributed by atoms with E-state index in [0.29, 0.717) is 17.3 Å². The molecule has 2 rings (SSSR count). The number of halogens is 1. The molecule has 0 unspecified atom stereocenters. The summed E-state index contributed by atoms with van der Waals surface area (Å²) in [5, 5.41) is 25.1. The lowest BCUT2D eigenvalue weighted by atomic mass is 10.2. The van der Waals surface area contributed by atoms with Gasteiger partial charge in [0.1, 0.15) is 24.0 Å². The quantitative estimate of drug-likeness (QED) is 0.898. The second kappa shape index (κ2) is 6.04. The van der Waals surface area contributed by atoms with Crippen molar-refractivity contribution in [1.82, 2.24) is 15.0 Å². The molecule has 2 aromatic rings. The maximum atomic E-state index is 10.6. The highest BCUT2D eigenvalue weighted by Crippen LogP contribution is 2.25. The van der Waals surface area contributed by atoms with Gasteiger partial charge in [0, 0.05) is 0 Å². The van der Waals surface area contributed by atoms with E-state index in [2.05, 4.69) is 10.3 Å². The third-order valence-corrected chi connectivity index (χ3v) is 2.74. The fourth-order valence-electron chi connectivity index (χ4n) is 1.49. The highest BCUT2D eigenvalue weighted by molar-refractivity contribution is 6.31. The van der Waals surface area contributed by atoms with Gasteiger partial charge in [-0.3, -0.25) is 0 Å². The van der Waals surface area contributed by atoms with Crippen LogP contribution in [0.1, 0.15) is 16.1 Å². The second-order valence-electron chi connectivity index (χ2n) is 3.75. The summed E-state index contributed by atoms with van der Waals surface area (Å²) in [5.74, 6) is -0.766. The molecular weight excluding hydrogens is 284 g/mol. The molecule has 8 heteroatoms. The first-order chi connectivity index (χ1) is 9.61. The average molecular weight is 293 g/mol. The van der Waals surface area contributed by atoms with Gasteiger partial charge in [0.15, 0.2) is 5.69 Å². The van der Waals surface area contributed by atoms with E-state index in [0.717, 1.165) is 0 Å². The number of carboxylic acid groups (broad SMARTS) is 1. The molecule has 1 N–H and O–H groups in total. The standard InChI is InChI=1S/C12H9ClN4O3/c13-9-2-1-3-11(8(9)6-14)20-5-4-17-7-10(12(18)19)15-16-17/h1-3,7H,4-5H2,(H,18,19). The number of nitrogens with zero attached hydrogens (tertiary/aromatic N) is 4. The van der Waals surface area contributed by atoms with Gasteiger partial charge in [-0.2, -0.15) is 5.26 Å². The van der Waals surface area contributed by atoms with Gasteiger partial charge in [0.25, 0.3) is 0 Å². The van der Waals surface area contributed by atoms with Gasteiger partial charge in [0.2, 0.25) is 0 Å². The van der Waals surface area contributed by atoms with E-state index < -0.39 is 5.97 Å². The Morgan fingerprint density at radius 3 is 3.00 bits per heavy atom. The van der Waals surface area contributed by atoms with E-state index in [9.17, 15) is 4.79 Å². The van der Waals surface area contributed by atoms with Crippen LogP contribution in [0.3, 0.4) is 0 Å². The Balaban J connectivity index is 1.98. The van der Waals surface area contributed by atoms with Crippen molar-refractivity contribution in [2.75, 3.05) is 6.61 Å². The van der Waals surface area contributed by atoms with Gasteiger partial charge >= 0.3 is 5.97 Å². The van der Waals surface area contributed by atoms with Gasteiger partial charge in [-0.1, -0.05) is 22.9 Å². The van der Waals surface area contributed by atoms with Crippen LogP contribution in [0.5, 0.6) is 5.75 Å². The van der Waals surface area contributed by atoms with Gasteiger partial charge in [0.05, 0.1) is 17.8 Å². The SMILES string of the molecule is N#Cc1c(Cl)cccc1OCCn1cc(C(=O)O)nn1. The number of carbonyl (C=O) groups is 1. The zero-order chi connectivity index (χ0) is 14.5. The summed E-state index contributed by atoms with van der Waals surface area (Å²) in [4.78, 5) is 10.6. The van der Waals surface area contributed by atoms with Gasteiger partial charge in [-0.15, -0.1) is 5.10 Å². The van der Waals surface area contributed by atoms with Crippen molar-refractivity contribution in [1.29, 1.82) is 5.26 Å². The Kier molecular flexibility index (Phi) is 4.17. The number of nitriles is 1. The van der Waals surface area contributed by atoms with E-state index in [1.165, 1.54) is 10.9 Å². The predicted octanol–water partition coefficient (Wildman–Crippen LogP) is 1.58. The van der Waals surface area contributed by atoms with E-state index in [-0.39, 0.29) is 17.9 Å². The van der Waals surface area contributed by atoms with Crippen molar-refractivity contribution in [3.63, 3.8) is 0 Å². The summed E-state index contributed by atoms with van der Waals surface area (Å²) in [6, 6.07) is 6.87. The van der Waals surface area contributed by atoms with Crippen molar-refractivity contribution in [2.24, 2.45) is 0 Å². The predicted molar refractivity (Wildman–Crippen MR) is 68.6 cm³/mol. The number of rotatable bonds is 5. The van der Waals surface area contributed by atoms with Crippen LogP contribution in [0.25, 0.3) is 0 Å². The number of benzene rings is 1. The van der Waals surface area contributed by atoms with Gasteiger partial charge < -0.3 is 9.84 Å². The Morgan fingerprint density at radius 2 is 2.35 bits per heavy atom. The molecule has 0 amide bonds. The van der Waals surface area contributed by atoms with E-state index in [4.69, 9.17) is 26.7 Å². The summed E-state index contributed by atoms with van der Waals surface area (Å²) in [6.45, 7) is 0.509. The molecule has 0 bridgehead atoms. The Morgan fingerprint density at radius 1 is 1.55 bits per heavy atom. The summed E-state index contributed by atoms with van der Waals surface area (Å²) >= 11 is 5.87. The molecule has 7 nitrogen and oxygen atoms in total. The Bertz CT molecular complexity index is 678. The van der Waals surface area contributed by atoms with Crippen LogP contribution >= 0.6 is 11.6 Å². The maximum absolute atomic E-state index is 10.6. The molecular formula is C12H9ClN4O3. The Labute approximate surface area is 119 Å². The second-order valence-corrected chi connectivity index (χ2v) is 4.15. The topological polar surface area (TPSA) is 101 Å². The number of ether oxygens (including phenoxy) is 1. The minimum atomic E-state index is -1.14. The minimum Gasteiger partial charge on any atom is -0.490 e. The lowest BCUT2D eigenvalue weighted by molar-refractivity contribution is 0.0690. The highest BCUT2D eigenvalue weighted by atomic mass is 35.5. The molecule has 1 aromatic carbocycles. The highest BCUT2D eigenvalue weighted by Gasteiger charge is 2.09. The number of aromatic nitrogens is 3. The lowest BCUT2D eigenvalue weighted by Crippen LogP contribution is -2.09. The van der Waals surface area contributed by atoms with Crippen molar-refractivity contribution < 1.29 is 14.6 Å². The normalized spacial score (nSPS) is 10.0. The van der Waals surface area contributed by atoms with Crippen molar-refractivity contribution in [3.8, 4) is 11.8 Å². The molecule has 0 saturated carbocycles. The monoisotopic (exact) mass is 292 g/mol. The first-order valence-corrected chi connectivity index (χ1v) is 5.94. The van der Waals surface area contributed by atoms with Crippen LogP contribution < -0.4 is 4.74 Å². The molecule has 102 valence electrons. The molecule has 0 atom stereocenters. The molecule has 1 aromatic heterocycles. The molecule has 0 radical (unpaired) electrons. The average Bonchev–Trinajstić information content (AvgIpc) is 2.88. The third kappa shape index (κ3) is 3.05. The van der Waals surface area contributed by atoms with Crippen molar-refractivity contribution in [3.05, 3.63) is 40.7 Å². The van der Waals surface area contributed by atoms with E-state index in [1.54, 1.807) is 18.2 Å². The number of carboxylic acids is 1.